The van der Waals surface area contributed by atoms with Gasteiger partial charge in [0.15, 0.2) is 11.3 Å². The Morgan fingerprint density at radius 3 is 3.07 bits per heavy atom. The van der Waals surface area contributed by atoms with E-state index in [0.29, 0.717) is 11.3 Å². The molecule has 0 atom stereocenters. The zero-order chi connectivity index (χ0) is 10.1. The van der Waals surface area contributed by atoms with Crippen LogP contribution in [0.15, 0.2) is 18.3 Å². The fraction of sp³-hybridized carbons (Fsp3) is 0.222. The summed E-state index contributed by atoms with van der Waals surface area (Å²) < 4.78 is 6.17. The minimum Gasteiger partial charge on any atom is -0.464 e. The number of rotatable bonds is 1. The van der Waals surface area contributed by atoms with Gasteiger partial charge in [-0.05, 0) is 13.0 Å². The molecule has 0 aliphatic rings. The van der Waals surface area contributed by atoms with Crippen LogP contribution in [0.3, 0.4) is 0 Å². The molecule has 5 nitrogen and oxygen atoms in total. The highest BCUT2D eigenvalue weighted by atomic mass is 16.5. The highest BCUT2D eigenvalue weighted by Gasteiger charge is 2.08. The van der Waals surface area contributed by atoms with Crippen LogP contribution >= 0.6 is 0 Å². The van der Waals surface area contributed by atoms with Crippen molar-refractivity contribution in [1.82, 2.24) is 14.6 Å². The van der Waals surface area contributed by atoms with Gasteiger partial charge in [-0.15, -0.1) is 0 Å². The van der Waals surface area contributed by atoms with Gasteiger partial charge < -0.3 is 4.74 Å². The number of hydrogen-bond donors (Lipinski definition) is 0. The van der Waals surface area contributed by atoms with Gasteiger partial charge in [0.05, 0.1) is 12.8 Å². The zero-order valence-electron chi connectivity index (χ0n) is 7.89. The summed E-state index contributed by atoms with van der Waals surface area (Å²) in [5.74, 6) is -0.439. The average Bonchev–Trinajstić information content (AvgIpc) is 2.55. The quantitative estimate of drug-likeness (QED) is 0.626. The minimum absolute atomic E-state index is 0.292. The van der Waals surface area contributed by atoms with E-state index >= 15 is 0 Å². The number of carbonyl (C=O) groups excluding carboxylic acids is 1. The van der Waals surface area contributed by atoms with Crippen molar-refractivity contribution in [2.24, 2.45) is 0 Å². The van der Waals surface area contributed by atoms with Crippen LogP contribution in [0.1, 0.15) is 16.2 Å². The van der Waals surface area contributed by atoms with E-state index in [1.165, 1.54) is 7.11 Å². The lowest BCUT2D eigenvalue weighted by Crippen LogP contribution is -2.05. The lowest BCUT2D eigenvalue weighted by atomic mass is 10.4. The van der Waals surface area contributed by atoms with Gasteiger partial charge in [0.2, 0.25) is 0 Å². The topological polar surface area (TPSA) is 56.5 Å². The molecule has 0 N–H and O–H groups in total. The number of aryl methyl sites for hydroxylation is 1. The monoisotopic (exact) mass is 191 g/mol. The van der Waals surface area contributed by atoms with Crippen molar-refractivity contribution in [1.29, 1.82) is 0 Å². The number of nitrogens with zero attached hydrogens (tertiary/aromatic N) is 3. The average molecular weight is 191 g/mol. The first-order chi connectivity index (χ1) is 6.70. The summed E-state index contributed by atoms with van der Waals surface area (Å²) >= 11 is 0. The number of fused-ring (bicyclic) bond motifs is 1. The summed E-state index contributed by atoms with van der Waals surface area (Å²) in [4.78, 5) is 15.2. The maximum Gasteiger partial charge on any atom is 0.356 e. The molecule has 72 valence electrons. The lowest BCUT2D eigenvalue weighted by molar-refractivity contribution is 0.0594. The zero-order valence-corrected chi connectivity index (χ0v) is 7.89. The van der Waals surface area contributed by atoms with Crippen molar-refractivity contribution < 1.29 is 9.53 Å². The summed E-state index contributed by atoms with van der Waals surface area (Å²) in [5, 5.41) is 4.14. The Labute approximate surface area is 80.3 Å². The molecule has 0 aliphatic heterocycles. The molecule has 0 bridgehead atoms. The van der Waals surface area contributed by atoms with Gasteiger partial charge in [0.1, 0.15) is 0 Å². The Morgan fingerprint density at radius 1 is 1.57 bits per heavy atom. The maximum atomic E-state index is 11.1. The SMILES string of the molecule is COC(=O)c1ccn2nc(C)cc2n1. The second kappa shape index (κ2) is 3.10. The van der Waals surface area contributed by atoms with Gasteiger partial charge in [-0.3, -0.25) is 0 Å². The standard InChI is InChI=1S/C9H9N3O2/c1-6-5-8-10-7(9(13)14-2)3-4-12(8)11-6/h3-5H,1-2H3. The summed E-state index contributed by atoms with van der Waals surface area (Å²) in [7, 11) is 1.33. The molecular formula is C9H9N3O2. The molecule has 0 aromatic carbocycles. The van der Waals surface area contributed by atoms with E-state index in [9.17, 15) is 4.79 Å². The summed E-state index contributed by atoms with van der Waals surface area (Å²) in [6, 6.07) is 3.37. The van der Waals surface area contributed by atoms with Crippen molar-refractivity contribution >= 4 is 11.6 Å². The molecule has 2 rings (SSSR count). The highest BCUT2D eigenvalue weighted by Crippen LogP contribution is 2.04. The first-order valence-electron chi connectivity index (χ1n) is 4.12. The first kappa shape index (κ1) is 8.68. The Morgan fingerprint density at radius 2 is 2.36 bits per heavy atom. The summed E-state index contributed by atoms with van der Waals surface area (Å²) in [6.07, 6.45) is 1.68. The van der Waals surface area contributed by atoms with Crippen LogP contribution in [0.4, 0.5) is 0 Å². The van der Waals surface area contributed by atoms with E-state index in [1.807, 2.05) is 6.92 Å². The Hall–Kier alpha value is -1.91. The van der Waals surface area contributed by atoms with Gasteiger partial charge >= 0.3 is 5.97 Å². The second-order valence-corrected chi connectivity index (χ2v) is 2.89. The molecule has 2 aromatic rings. The molecule has 0 fully saturated rings. The normalized spacial score (nSPS) is 10.4. The molecule has 0 spiro atoms. The molecule has 0 saturated heterocycles. The van der Waals surface area contributed by atoms with E-state index in [2.05, 4.69) is 14.8 Å². The predicted octanol–water partition coefficient (Wildman–Crippen LogP) is 0.824. The molecule has 0 aliphatic carbocycles. The van der Waals surface area contributed by atoms with E-state index in [0.717, 1.165) is 5.69 Å². The number of methoxy groups -OCH3 is 1. The fourth-order valence-corrected chi connectivity index (χ4v) is 1.22. The number of hydrogen-bond acceptors (Lipinski definition) is 4. The van der Waals surface area contributed by atoms with Crippen LogP contribution in [0, 0.1) is 6.92 Å². The van der Waals surface area contributed by atoms with Gasteiger partial charge in [-0.1, -0.05) is 0 Å². The maximum absolute atomic E-state index is 11.1. The molecule has 0 saturated carbocycles. The molecule has 0 unspecified atom stereocenters. The third-order valence-electron chi connectivity index (χ3n) is 1.84. The molecule has 2 heterocycles. The van der Waals surface area contributed by atoms with Gasteiger partial charge in [-0.2, -0.15) is 5.10 Å². The summed E-state index contributed by atoms with van der Waals surface area (Å²) in [5.41, 5.74) is 1.80. The third kappa shape index (κ3) is 1.32. The van der Waals surface area contributed by atoms with Crippen LogP contribution in [0.2, 0.25) is 0 Å². The molecule has 0 radical (unpaired) electrons. The predicted molar refractivity (Wildman–Crippen MR) is 49.1 cm³/mol. The van der Waals surface area contributed by atoms with Gasteiger partial charge in [-0.25, -0.2) is 14.3 Å². The first-order valence-corrected chi connectivity index (χ1v) is 4.12. The van der Waals surface area contributed by atoms with Crippen molar-refractivity contribution in [3.05, 3.63) is 29.7 Å². The van der Waals surface area contributed by atoms with Crippen molar-refractivity contribution in [2.75, 3.05) is 7.11 Å². The third-order valence-corrected chi connectivity index (χ3v) is 1.84. The van der Waals surface area contributed by atoms with Crippen molar-refractivity contribution in [2.45, 2.75) is 6.92 Å². The smallest absolute Gasteiger partial charge is 0.356 e. The van der Waals surface area contributed by atoms with E-state index in [1.54, 1.807) is 22.8 Å². The van der Waals surface area contributed by atoms with Crippen molar-refractivity contribution in [3.63, 3.8) is 0 Å². The minimum atomic E-state index is -0.439. The van der Waals surface area contributed by atoms with E-state index in [4.69, 9.17) is 0 Å². The molecule has 2 aromatic heterocycles. The van der Waals surface area contributed by atoms with Crippen LogP contribution < -0.4 is 0 Å². The fourth-order valence-electron chi connectivity index (χ4n) is 1.22. The van der Waals surface area contributed by atoms with Gasteiger partial charge in [0.25, 0.3) is 0 Å². The number of ether oxygens (including phenoxy) is 1. The number of esters is 1. The van der Waals surface area contributed by atoms with Crippen LogP contribution in [-0.4, -0.2) is 27.7 Å². The molecule has 0 amide bonds. The molecule has 14 heavy (non-hydrogen) atoms. The Balaban J connectivity index is 2.55. The van der Waals surface area contributed by atoms with Crippen LogP contribution in [0.25, 0.3) is 5.65 Å². The van der Waals surface area contributed by atoms with Crippen LogP contribution in [-0.2, 0) is 4.74 Å². The number of aromatic nitrogens is 3. The highest BCUT2D eigenvalue weighted by molar-refractivity contribution is 5.87. The second-order valence-electron chi connectivity index (χ2n) is 2.89. The van der Waals surface area contributed by atoms with E-state index < -0.39 is 5.97 Å². The number of carbonyl (C=O) groups is 1. The van der Waals surface area contributed by atoms with Gasteiger partial charge in [0, 0.05) is 12.3 Å². The molecule has 5 heteroatoms. The van der Waals surface area contributed by atoms with Crippen molar-refractivity contribution in [3.8, 4) is 0 Å². The Kier molecular flexibility index (Phi) is 1.92. The molecular weight excluding hydrogens is 182 g/mol. The Bertz CT molecular complexity index is 490. The van der Waals surface area contributed by atoms with Crippen LogP contribution in [0.5, 0.6) is 0 Å². The lowest BCUT2D eigenvalue weighted by Gasteiger charge is -1.97. The van der Waals surface area contributed by atoms with E-state index in [-0.39, 0.29) is 0 Å². The summed E-state index contributed by atoms with van der Waals surface area (Å²) in [6.45, 7) is 1.87. The largest absolute Gasteiger partial charge is 0.464 e.